The van der Waals surface area contributed by atoms with Gasteiger partial charge in [-0.2, -0.15) is 0 Å². The van der Waals surface area contributed by atoms with Crippen molar-refractivity contribution in [2.45, 2.75) is 67.2 Å². The van der Waals surface area contributed by atoms with Crippen LogP contribution in [0.2, 0.25) is 30.1 Å². The molecule has 2 fully saturated rings. The lowest BCUT2D eigenvalue weighted by molar-refractivity contribution is -0.156. The number of benzene rings is 2. The topological polar surface area (TPSA) is 105 Å². The Bertz CT molecular complexity index is 1530. The molecular formula is C34H36Cl6O8. The van der Waals surface area contributed by atoms with Crippen molar-refractivity contribution in [3.8, 4) is 11.5 Å². The average molecular weight is 785 g/mol. The maximum Gasteiger partial charge on any atom is 0.423 e. The molecule has 0 saturated heterocycles. The molecule has 2 aromatic rings. The van der Waals surface area contributed by atoms with Gasteiger partial charge in [0.15, 0.2) is 11.5 Å². The fourth-order valence-corrected chi connectivity index (χ4v) is 8.37. The largest absolute Gasteiger partial charge is 0.461 e. The molecule has 2 aliphatic carbocycles. The predicted octanol–water partition coefficient (Wildman–Crippen LogP) is 10.6. The van der Waals surface area contributed by atoms with Crippen molar-refractivity contribution in [1.82, 2.24) is 0 Å². The number of carbonyl (C=O) groups is 4. The van der Waals surface area contributed by atoms with Gasteiger partial charge in [-0.25, -0.2) is 19.2 Å². The van der Waals surface area contributed by atoms with Gasteiger partial charge in [0.25, 0.3) is 0 Å². The lowest BCUT2D eigenvalue weighted by Gasteiger charge is -2.29. The molecule has 2 aliphatic rings. The van der Waals surface area contributed by atoms with Crippen LogP contribution in [0.15, 0.2) is 12.1 Å². The number of carbonyl (C=O) groups excluding carboxylic acids is 4. The molecule has 0 spiro atoms. The Hall–Kier alpha value is -1.94. The molecule has 0 aromatic heterocycles. The van der Waals surface area contributed by atoms with Gasteiger partial charge in [0.1, 0.15) is 11.1 Å². The Balaban J connectivity index is 1.56. The number of hydrogen-bond donors (Lipinski definition) is 0. The number of esters is 4. The summed E-state index contributed by atoms with van der Waals surface area (Å²) in [5.74, 6) is -4.92. The Morgan fingerprint density at radius 1 is 0.625 bits per heavy atom. The summed E-state index contributed by atoms with van der Waals surface area (Å²) in [6.45, 7) is 12.6. The molecular weight excluding hydrogens is 749 g/mol. The van der Waals surface area contributed by atoms with Crippen molar-refractivity contribution in [2.75, 3.05) is 13.2 Å². The molecule has 262 valence electrons. The summed E-state index contributed by atoms with van der Waals surface area (Å²) in [5.41, 5.74) is -1.51. The van der Waals surface area contributed by atoms with Crippen LogP contribution in [0.25, 0.3) is 0 Å². The Morgan fingerprint density at radius 3 is 1.25 bits per heavy atom. The van der Waals surface area contributed by atoms with Crippen molar-refractivity contribution in [3.05, 3.63) is 53.4 Å². The Kier molecular flexibility index (Phi) is 12.2. The maximum atomic E-state index is 13.3. The summed E-state index contributed by atoms with van der Waals surface area (Å²) in [6, 6.07) is 2.27. The SMILES string of the molecule is CC1CC(C)C(C)(COC(=O)c2c(Cl)c(Cl)cc(Cl)c2OC(=O)C(=O)Oc2c(Cl)cc(Cl)c(Cl)c2C(=O)OCC2(C)CC(C)CC2C)C1. The molecule has 6 atom stereocenters. The monoisotopic (exact) mass is 782 g/mol. The summed E-state index contributed by atoms with van der Waals surface area (Å²) in [7, 11) is 0. The van der Waals surface area contributed by atoms with E-state index in [1.54, 1.807) is 0 Å². The van der Waals surface area contributed by atoms with Gasteiger partial charge in [0.2, 0.25) is 0 Å². The van der Waals surface area contributed by atoms with Crippen LogP contribution < -0.4 is 9.47 Å². The molecule has 0 bridgehead atoms. The molecule has 0 radical (unpaired) electrons. The number of halogens is 6. The van der Waals surface area contributed by atoms with Crippen LogP contribution >= 0.6 is 69.6 Å². The smallest absolute Gasteiger partial charge is 0.423 e. The lowest BCUT2D eigenvalue weighted by atomic mass is 9.81. The standard InChI is InChI=1S/C34H36Cl6O8/c1-15-7-17(3)33(5,11-15)13-45-29(41)23-25(39)19(35)9-21(37)27(23)47-31(43)32(44)48-28-22(38)10-20(36)26(40)24(28)30(42)46-14-34(6)12-16(2)8-18(34)4/h9-10,15-18H,7-8,11-14H2,1-6H3. The Labute approximate surface area is 309 Å². The second-order valence-electron chi connectivity index (χ2n) is 13.8. The minimum atomic E-state index is -1.64. The lowest BCUT2D eigenvalue weighted by Crippen LogP contribution is -2.30. The van der Waals surface area contributed by atoms with E-state index in [9.17, 15) is 19.2 Å². The van der Waals surface area contributed by atoms with Crippen LogP contribution in [0.3, 0.4) is 0 Å². The predicted molar refractivity (Wildman–Crippen MR) is 186 cm³/mol. The molecule has 0 N–H and O–H groups in total. The van der Waals surface area contributed by atoms with Gasteiger partial charge in [-0.1, -0.05) is 111 Å². The molecule has 14 heteroatoms. The second-order valence-corrected chi connectivity index (χ2v) is 16.2. The first-order chi connectivity index (χ1) is 22.3. The highest BCUT2D eigenvalue weighted by molar-refractivity contribution is 6.47. The quantitative estimate of drug-likeness (QED) is 0.113. The minimum Gasteiger partial charge on any atom is -0.461 e. The van der Waals surface area contributed by atoms with Crippen LogP contribution in [0, 0.1) is 34.5 Å². The number of rotatable bonds is 8. The number of hydrogen-bond acceptors (Lipinski definition) is 8. The fraction of sp³-hybridized carbons (Fsp3) is 0.529. The second kappa shape index (κ2) is 15.1. The van der Waals surface area contributed by atoms with Crippen molar-refractivity contribution < 1.29 is 38.1 Å². The first-order valence-electron chi connectivity index (χ1n) is 15.4. The molecule has 2 saturated carbocycles. The van der Waals surface area contributed by atoms with Crippen LogP contribution in [0.4, 0.5) is 0 Å². The van der Waals surface area contributed by atoms with Crippen molar-refractivity contribution in [2.24, 2.45) is 34.5 Å². The van der Waals surface area contributed by atoms with E-state index in [4.69, 9.17) is 88.6 Å². The van der Waals surface area contributed by atoms with Crippen molar-refractivity contribution in [3.63, 3.8) is 0 Å². The van der Waals surface area contributed by atoms with Gasteiger partial charge in [-0.3, -0.25) is 0 Å². The summed E-state index contributed by atoms with van der Waals surface area (Å²) >= 11 is 37.7. The highest BCUT2D eigenvalue weighted by atomic mass is 35.5. The van der Waals surface area contributed by atoms with Crippen LogP contribution in [0.1, 0.15) is 87.9 Å². The summed E-state index contributed by atoms with van der Waals surface area (Å²) in [5, 5.41) is -1.48. The third kappa shape index (κ3) is 8.16. The van der Waals surface area contributed by atoms with E-state index in [1.807, 2.05) is 13.8 Å². The zero-order valence-electron chi connectivity index (χ0n) is 27.2. The van der Waals surface area contributed by atoms with E-state index >= 15 is 0 Å². The van der Waals surface area contributed by atoms with E-state index in [2.05, 4.69) is 27.7 Å². The normalized spacial score (nSPS) is 26.7. The molecule has 6 unspecified atom stereocenters. The van der Waals surface area contributed by atoms with E-state index in [0.29, 0.717) is 11.8 Å². The third-order valence-corrected chi connectivity index (χ3v) is 11.9. The molecule has 8 nitrogen and oxygen atoms in total. The summed E-state index contributed by atoms with van der Waals surface area (Å²) in [4.78, 5) is 52.9. The van der Waals surface area contributed by atoms with Crippen molar-refractivity contribution >= 4 is 93.5 Å². The van der Waals surface area contributed by atoms with Gasteiger partial charge in [-0.05, 0) is 61.5 Å². The molecule has 0 aliphatic heterocycles. The zero-order valence-corrected chi connectivity index (χ0v) is 31.8. The van der Waals surface area contributed by atoms with Gasteiger partial charge in [0.05, 0.1) is 43.3 Å². The van der Waals surface area contributed by atoms with E-state index < -0.39 is 46.5 Å². The van der Waals surface area contributed by atoms with Crippen LogP contribution in [-0.2, 0) is 19.1 Å². The van der Waals surface area contributed by atoms with Gasteiger partial charge < -0.3 is 18.9 Å². The van der Waals surface area contributed by atoms with Gasteiger partial charge in [0, 0.05) is 10.8 Å². The minimum absolute atomic E-state index is 0.0546. The third-order valence-electron chi connectivity index (χ3n) is 9.80. The first-order valence-corrected chi connectivity index (χ1v) is 17.7. The number of ether oxygens (including phenoxy) is 4. The van der Waals surface area contributed by atoms with E-state index in [-0.39, 0.29) is 66.0 Å². The maximum absolute atomic E-state index is 13.3. The van der Waals surface area contributed by atoms with Crippen LogP contribution in [-0.4, -0.2) is 37.1 Å². The van der Waals surface area contributed by atoms with Gasteiger partial charge >= 0.3 is 23.9 Å². The molecule has 0 amide bonds. The zero-order chi connectivity index (χ0) is 35.9. The molecule has 48 heavy (non-hydrogen) atoms. The summed E-state index contributed by atoms with van der Waals surface area (Å²) in [6.07, 6.45) is 3.62. The van der Waals surface area contributed by atoms with Gasteiger partial charge in [-0.15, -0.1) is 0 Å². The highest BCUT2D eigenvalue weighted by Crippen LogP contribution is 2.48. The molecule has 0 heterocycles. The van der Waals surface area contributed by atoms with E-state index in [0.717, 1.165) is 37.8 Å². The average Bonchev–Trinajstić information content (AvgIpc) is 3.41. The molecule has 4 rings (SSSR count). The summed E-state index contributed by atoms with van der Waals surface area (Å²) < 4.78 is 21.7. The van der Waals surface area contributed by atoms with E-state index in [1.165, 1.54) is 0 Å². The van der Waals surface area contributed by atoms with Crippen LogP contribution in [0.5, 0.6) is 11.5 Å². The highest BCUT2D eigenvalue weighted by Gasteiger charge is 2.42. The fourth-order valence-electron chi connectivity index (χ4n) is 6.94. The first kappa shape index (κ1) is 38.9. The molecule has 2 aromatic carbocycles. The van der Waals surface area contributed by atoms with Crippen molar-refractivity contribution in [1.29, 1.82) is 0 Å². The Morgan fingerprint density at radius 2 is 0.958 bits per heavy atom.